The summed E-state index contributed by atoms with van der Waals surface area (Å²) in [6.45, 7) is 11.1. The minimum absolute atomic E-state index is 0.00130. The first-order chi connectivity index (χ1) is 18.7. The highest BCUT2D eigenvalue weighted by molar-refractivity contribution is 6.25. The summed E-state index contributed by atoms with van der Waals surface area (Å²) >= 11 is 0. The Kier molecular flexibility index (Phi) is 8.90. The summed E-state index contributed by atoms with van der Waals surface area (Å²) in [4.78, 5) is 14.0. The Bertz CT molecular complexity index is 1100. The number of carbonyl (C=O) groups is 1. The molecule has 0 aromatic heterocycles. The molecule has 2 saturated heterocycles. The predicted octanol–water partition coefficient (Wildman–Crippen LogP) is 6.00. The van der Waals surface area contributed by atoms with Gasteiger partial charge in [-0.1, -0.05) is 32.9 Å². The van der Waals surface area contributed by atoms with Crippen LogP contribution in [0.2, 0.25) is 0 Å². The first-order valence-electron chi connectivity index (χ1n) is 14.9. The summed E-state index contributed by atoms with van der Waals surface area (Å²) in [6.07, 6.45) is 7.51. The summed E-state index contributed by atoms with van der Waals surface area (Å²) in [6, 6.07) is 9.80. The van der Waals surface area contributed by atoms with Crippen LogP contribution in [0.3, 0.4) is 0 Å². The Morgan fingerprint density at radius 2 is 1.39 bits per heavy atom. The molecule has 0 spiro atoms. The molecule has 4 atom stereocenters. The normalized spacial score (nSPS) is 22.3. The highest BCUT2D eigenvalue weighted by atomic mass is 16.5. The summed E-state index contributed by atoms with van der Waals surface area (Å²) in [5.74, 6) is 3.07. The zero-order valence-electron chi connectivity index (χ0n) is 23.3. The molecule has 2 aromatic rings. The second-order valence-corrected chi connectivity index (χ2v) is 11.0. The molecule has 6 nitrogen and oxygen atoms in total. The molecule has 206 valence electrons. The second-order valence-electron chi connectivity index (χ2n) is 11.0. The molecule has 2 heterocycles. The van der Waals surface area contributed by atoms with Gasteiger partial charge in [-0.25, -0.2) is 0 Å². The highest BCUT2D eigenvalue weighted by Crippen LogP contribution is 2.51. The molecule has 0 radical (unpaired) electrons. The van der Waals surface area contributed by atoms with Crippen molar-refractivity contribution in [2.24, 2.45) is 11.8 Å². The number of benzene rings is 2. The van der Waals surface area contributed by atoms with Crippen molar-refractivity contribution in [1.29, 1.82) is 0 Å². The van der Waals surface area contributed by atoms with Crippen molar-refractivity contribution in [1.82, 2.24) is 10.6 Å². The van der Waals surface area contributed by atoms with Gasteiger partial charge < -0.3 is 24.8 Å². The molecular formula is C32H44N2O4. The Morgan fingerprint density at radius 1 is 0.789 bits per heavy atom. The minimum Gasteiger partial charge on any atom is -0.493 e. The third-order valence-electron chi connectivity index (χ3n) is 8.42. The third-order valence-corrected chi connectivity index (χ3v) is 8.42. The topological polar surface area (TPSA) is 68.8 Å². The predicted molar refractivity (Wildman–Crippen MR) is 152 cm³/mol. The number of carbonyl (C=O) groups excluding carboxylic acids is 1. The third kappa shape index (κ3) is 5.43. The summed E-state index contributed by atoms with van der Waals surface area (Å²) < 4.78 is 19.7. The van der Waals surface area contributed by atoms with Crippen molar-refractivity contribution in [3.05, 3.63) is 41.5 Å². The van der Waals surface area contributed by atoms with Gasteiger partial charge in [0.1, 0.15) is 29.5 Å². The van der Waals surface area contributed by atoms with E-state index >= 15 is 0 Å². The lowest BCUT2D eigenvalue weighted by Crippen LogP contribution is -2.39. The fourth-order valence-electron chi connectivity index (χ4n) is 6.42. The Labute approximate surface area is 227 Å². The van der Waals surface area contributed by atoms with Gasteiger partial charge >= 0.3 is 0 Å². The van der Waals surface area contributed by atoms with Crippen LogP contribution >= 0.6 is 0 Å². The molecular weight excluding hydrogens is 476 g/mol. The quantitative estimate of drug-likeness (QED) is 0.323. The van der Waals surface area contributed by atoms with Crippen LogP contribution in [0.25, 0.3) is 11.1 Å². The summed E-state index contributed by atoms with van der Waals surface area (Å²) in [5.41, 5.74) is 3.00. The maximum atomic E-state index is 14.0. The lowest BCUT2D eigenvalue weighted by molar-refractivity contribution is 0.0992. The number of piperidine rings is 2. The van der Waals surface area contributed by atoms with Crippen LogP contribution in [0.1, 0.15) is 81.6 Å². The molecule has 2 N–H and O–H groups in total. The van der Waals surface area contributed by atoms with E-state index in [-0.39, 0.29) is 18.0 Å². The average Bonchev–Trinajstić information content (AvgIpc) is 3.28. The van der Waals surface area contributed by atoms with E-state index in [4.69, 9.17) is 14.2 Å². The highest BCUT2D eigenvalue weighted by Gasteiger charge is 2.37. The van der Waals surface area contributed by atoms with Crippen molar-refractivity contribution in [3.63, 3.8) is 0 Å². The number of hydrogen-bond donors (Lipinski definition) is 2. The first kappa shape index (κ1) is 27.0. The average molecular weight is 521 g/mol. The number of ether oxygens (including phenoxy) is 3. The smallest absolute Gasteiger partial charge is 0.198 e. The number of hydrogen-bond acceptors (Lipinski definition) is 6. The fourth-order valence-corrected chi connectivity index (χ4v) is 6.42. The molecule has 5 rings (SSSR count). The van der Waals surface area contributed by atoms with Gasteiger partial charge in [-0.2, -0.15) is 0 Å². The van der Waals surface area contributed by atoms with Crippen LogP contribution in [0, 0.1) is 11.8 Å². The minimum atomic E-state index is 0.00130. The van der Waals surface area contributed by atoms with Crippen LogP contribution in [0.5, 0.6) is 17.2 Å². The fraction of sp³-hybridized carbons (Fsp3) is 0.594. The van der Waals surface area contributed by atoms with Crippen LogP contribution in [0.15, 0.2) is 30.3 Å². The van der Waals surface area contributed by atoms with Gasteiger partial charge in [-0.05, 0) is 76.2 Å². The maximum Gasteiger partial charge on any atom is 0.198 e. The number of nitrogens with one attached hydrogen (secondary N) is 2. The van der Waals surface area contributed by atoms with Gasteiger partial charge in [-0.15, -0.1) is 0 Å². The standard InChI is InChI=1S/C32H44N2O4/c1-4-18-36-26-14-15-28(38-25(6-3)22-11-9-17-34-20-22)31-30(26)29-23(32(31)35)12-7-13-27(29)37-24(5-2)21-10-8-16-33-19-21/h7,12-15,21-22,24-25,33-34H,4-6,8-11,16-20H2,1-3H3. The van der Waals surface area contributed by atoms with E-state index in [9.17, 15) is 4.79 Å². The number of ketones is 1. The largest absolute Gasteiger partial charge is 0.493 e. The number of fused-ring (bicyclic) bond motifs is 3. The molecule has 38 heavy (non-hydrogen) atoms. The molecule has 2 aromatic carbocycles. The van der Waals surface area contributed by atoms with E-state index in [1.54, 1.807) is 0 Å². The molecule has 2 aliphatic heterocycles. The van der Waals surface area contributed by atoms with E-state index in [2.05, 4.69) is 31.4 Å². The van der Waals surface area contributed by atoms with Crippen LogP contribution < -0.4 is 24.8 Å². The molecule has 1 aliphatic carbocycles. The second kappa shape index (κ2) is 12.5. The van der Waals surface area contributed by atoms with E-state index in [0.29, 0.717) is 35.3 Å². The molecule has 0 saturated carbocycles. The van der Waals surface area contributed by atoms with Crippen molar-refractivity contribution in [3.8, 4) is 28.4 Å². The molecule has 0 bridgehead atoms. The van der Waals surface area contributed by atoms with Crippen molar-refractivity contribution < 1.29 is 19.0 Å². The van der Waals surface area contributed by atoms with E-state index in [1.165, 1.54) is 6.42 Å². The van der Waals surface area contributed by atoms with Gasteiger partial charge in [0.15, 0.2) is 5.78 Å². The van der Waals surface area contributed by atoms with Gasteiger partial charge in [0.25, 0.3) is 0 Å². The van der Waals surface area contributed by atoms with Crippen LogP contribution in [0.4, 0.5) is 0 Å². The molecule has 2 fully saturated rings. The van der Waals surface area contributed by atoms with Crippen molar-refractivity contribution >= 4 is 5.78 Å². The maximum absolute atomic E-state index is 14.0. The molecule has 0 amide bonds. The van der Waals surface area contributed by atoms with Crippen molar-refractivity contribution in [2.45, 2.75) is 77.9 Å². The van der Waals surface area contributed by atoms with E-state index in [0.717, 1.165) is 87.3 Å². The van der Waals surface area contributed by atoms with Crippen LogP contribution in [-0.4, -0.2) is 50.8 Å². The van der Waals surface area contributed by atoms with Gasteiger partial charge in [0.2, 0.25) is 0 Å². The Hall–Kier alpha value is -2.57. The van der Waals surface area contributed by atoms with Crippen LogP contribution in [-0.2, 0) is 0 Å². The summed E-state index contributed by atoms with van der Waals surface area (Å²) in [5, 5.41) is 7.04. The Morgan fingerprint density at radius 3 is 1.95 bits per heavy atom. The molecule has 4 unspecified atom stereocenters. The van der Waals surface area contributed by atoms with Gasteiger partial charge in [0, 0.05) is 41.6 Å². The van der Waals surface area contributed by atoms with Crippen molar-refractivity contribution in [2.75, 3.05) is 32.8 Å². The SMILES string of the molecule is CCCOc1ccc(OC(CC)C2CCCNC2)c2c1-c1c(OC(CC)C3CCCNC3)cccc1C2=O. The Balaban J connectivity index is 1.54. The van der Waals surface area contributed by atoms with E-state index in [1.807, 2.05) is 30.3 Å². The molecule has 3 aliphatic rings. The zero-order chi connectivity index (χ0) is 26.5. The lowest BCUT2D eigenvalue weighted by Gasteiger charge is -2.31. The zero-order valence-corrected chi connectivity index (χ0v) is 23.3. The monoisotopic (exact) mass is 520 g/mol. The van der Waals surface area contributed by atoms with E-state index < -0.39 is 0 Å². The lowest BCUT2D eigenvalue weighted by atomic mass is 9.92. The van der Waals surface area contributed by atoms with Gasteiger partial charge in [0.05, 0.1) is 12.2 Å². The molecule has 6 heteroatoms. The number of rotatable bonds is 11. The van der Waals surface area contributed by atoms with Gasteiger partial charge in [-0.3, -0.25) is 4.79 Å². The first-order valence-corrected chi connectivity index (χ1v) is 14.9. The summed E-state index contributed by atoms with van der Waals surface area (Å²) in [7, 11) is 0.